The highest BCUT2D eigenvalue weighted by molar-refractivity contribution is 5.79. The fourth-order valence-corrected chi connectivity index (χ4v) is 4.27. The summed E-state index contributed by atoms with van der Waals surface area (Å²) in [5.74, 6) is 0.400. The van der Waals surface area contributed by atoms with Crippen LogP contribution in [0.25, 0.3) is 0 Å². The van der Waals surface area contributed by atoms with E-state index in [1.165, 1.54) is 12.1 Å². The number of aliphatic hydroxyl groups excluding tert-OH is 2. The molecule has 1 fully saturated rings. The second kappa shape index (κ2) is 8.93. The molecule has 0 radical (unpaired) electrons. The molecule has 3 atom stereocenters. The van der Waals surface area contributed by atoms with Crippen LogP contribution in [0.15, 0.2) is 48.5 Å². The number of carbonyl (C=O) groups is 1. The van der Waals surface area contributed by atoms with Crippen molar-refractivity contribution < 1.29 is 24.1 Å². The predicted octanol–water partition coefficient (Wildman–Crippen LogP) is 3.20. The SMILES string of the molecule is COc1ccc([C@H](C)N2CC[C@](C[C@@H](O)CO)(c3ccc(F)cc3)CC2=O)cc1. The first-order valence-electron chi connectivity index (χ1n) is 9.87. The molecular formula is C23H28FNO4. The van der Waals surface area contributed by atoms with Gasteiger partial charge in [0.05, 0.1) is 25.9 Å². The largest absolute Gasteiger partial charge is 0.497 e. The van der Waals surface area contributed by atoms with Crippen molar-refractivity contribution in [2.45, 2.75) is 43.7 Å². The first kappa shape index (κ1) is 21.3. The maximum absolute atomic E-state index is 13.4. The Hall–Kier alpha value is -2.44. The van der Waals surface area contributed by atoms with E-state index in [1.807, 2.05) is 36.1 Å². The lowest BCUT2D eigenvalue weighted by Gasteiger charge is -2.44. The molecule has 3 rings (SSSR count). The average molecular weight is 401 g/mol. The maximum atomic E-state index is 13.4. The molecule has 156 valence electrons. The first-order valence-corrected chi connectivity index (χ1v) is 9.87. The van der Waals surface area contributed by atoms with Crippen LogP contribution in [0.5, 0.6) is 5.75 Å². The summed E-state index contributed by atoms with van der Waals surface area (Å²) in [6, 6.07) is 13.7. The van der Waals surface area contributed by atoms with Crippen molar-refractivity contribution in [1.29, 1.82) is 0 Å². The van der Waals surface area contributed by atoms with Crippen molar-refractivity contribution in [3.8, 4) is 5.75 Å². The normalized spacial score (nSPS) is 21.7. The van der Waals surface area contributed by atoms with Crippen molar-refractivity contribution >= 4 is 5.91 Å². The molecule has 0 aromatic heterocycles. The van der Waals surface area contributed by atoms with Crippen LogP contribution in [-0.2, 0) is 10.2 Å². The van der Waals surface area contributed by atoms with Crippen molar-refractivity contribution in [2.75, 3.05) is 20.3 Å². The average Bonchev–Trinajstić information content (AvgIpc) is 2.73. The molecule has 29 heavy (non-hydrogen) atoms. The number of likely N-dealkylation sites (tertiary alicyclic amines) is 1. The zero-order chi connectivity index (χ0) is 21.0. The Kier molecular flexibility index (Phi) is 6.55. The van der Waals surface area contributed by atoms with Gasteiger partial charge in [0, 0.05) is 18.4 Å². The molecule has 0 spiro atoms. The summed E-state index contributed by atoms with van der Waals surface area (Å²) in [7, 11) is 1.61. The Balaban J connectivity index is 1.83. The number of halogens is 1. The van der Waals surface area contributed by atoms with Gasteiger partial charge in [0.25, 0.3) is 0 Å². The number of nitrogens with zero attached hydrogens (tertiary/aromatic N) is 1. The molecule has 2 aromatic carbocycles. The lowest BCUT2D eigenvalue weighted by atomic mass is 9.68. The number of hydrogen-bond donors (Lipinski definition) is 2. The van der Waals surface area contributed by atoms with Crippen LogP contribution in [0, 0.1) is 5.82 Å². The van der Waals surface area contributed by atoms with Crippen molar-refractivity contribution in [1.82, 2.24) is 4.90 Å². The number of aliphatic hydroxyl groups is 2. The van der Waals surface area contributed by atoms with E-state index in [9.17, 15) is 19.4 Å². The molecule has 0 unspecified atom stereocenters. The highest BCUT2D eigenvalue weighted by Gasteiger charge is 2.42. The van der Waals surface area contributed by atoms with Crippen LogP contribution in [0.4, 0.5) is 4.39 Å². The third-order valence-corrected chi connectivity index (χ3v) is 6.00. The molecule has 0 saturated carbocycles. The van der Waals surface area contributed by atoms with Crippen LogP contribution < -0.4 is 4.74 Å². The number of ether oxygens (including phenoxy) is 1. The minimum absolute atomic E-state index is 0.0194. The lowest BCUT2D eigenvalue weighted by molar-refractivity contribution is -0.139. The third kappa shape index (κ3) is 4.60. The van der Waals surface area contributed by atoms with Crippen molar-refractivity contribution in [3.05, 3.63) is 65.5 Å². The molecule has 1 aliphatic heterocycles. The topological polar surface area (TPSA) is 70.0 Å². The molecule has 2 aromatic rings. The number of methoxy groups -OCH3 is 1. The number of piperidine rings is 1. The van der Waals surface area contributed by atoms with E-state index in [0.717, 1.165) is 16.9 Å². The van der Waals surface area contributed by atoms with E-state index in [4.69, 9.17) is 4.74 Å². The zero-order valence-electron chi connectivity index (χ0n) is 16.8. The number of benzene rings is 2. The zero-order valence-corrected chi connectivity index (χ0v) is 16.8. The molecule has 1 saturated heterocycles. The molecular weight excluding hydrogens is 373 g/mol. The van der Waals surface area contributed by atoms with Gasteiger partial charge >= 0.3 is 0 Å². The van der Waals surface area contributed by atoms with Gasteiger partial charge < -0.3 is 19.8 Å². The molecule has 1 amide bonds. The van der Waals surface area contributed by atoms with Crippen LogP contribution in [0.1, 0.15) is 43.4 Å². The Morgan fingerprint density at radius 1 is 1.17 bits per heavy atom. The van der Waals surface area contributed by atoms with Crippen LogP contribution in [0.3, 0.4) is 0 Å². The monoisotopic (exact) mass is 401 g/mol. The van der Waals surface area contributed by atoms with E-state index < -0.39 is 11.5 Å². The predicted molar refractivity (Wildman–Crippen MR) is 108 cm³/mol. The highest BCUT2D eigenvalue weighted by Crippen LogP contribution is 2.42. The fraction of sp³-hybridized carbons (Fsp3) is 0.435. The van der Waals surface area contributed by atoms with Crippen molar-refractivity contribution in [3.63, 3.8) is 0 Å². The summed E-state index contributed by atoms with van der Waals surface area (Å²) in [5.41, 5.74) is 1.21. The number of carbonyl (C=O) groups excluding carboxylic acids is 1. The molecule has 0 bridgehead atoms. The lowest BCUT2D eigenvalue weighted by Crippen LogP contribution is -2.48. The summed E-state index contributed by atoms with van der Waals surface area (Å²) < 4.78 is 18.6. The van der Waals surface area contributed by atoms with Crippen LogP contribution in [-0.4, -0.2) is 47.4 Å². The maximum Gasteiger partial charge on any atom is 0.223 e. The fourth-order valence-electron chi connectivity index (χ4n) is 4.27. The Morgan fingerprint density at radius 3 is 2.38 bits per heavy atom. The number of amides is 1. The van der Waals surface area contributed by atoms with Gasteiger partial charge in [0.15, 0.2) is 0 Å². The summed E-state index contributed by atoms with van der Waals surface area (Å²) in [6.45, 7) is 2.14. The van der Waals surface area contributed by atoms with E-state index in [2.05, 4.69) is 0 Å². The minimum atomic E-state index is -0.932. The van der Waals surface area contributed by atoms with Gasteiger partial charge in [-0.05, 0) is 55.2 Å². The standard InChI is InChI=1S/C23H28FNO4/c1-16(17-3-9-21(29-2)10-4-17)25-12-11-23(14-22(25)28,13-20(27)15-26)18-5-7-19(24)8-6-18/h3-10,16,20,26-27H,11-15H2,1-2H3/t16-,20+,23+/m0/s1. The van der Waals surface area contributed by atoms with Gasteiger partial charge in [0.2, 0.25) is 5.91 Å². The molecule has 6 heteroatoms. The molecule has 1 aliphatic rings. The quantitative estimate of drug-likeness (QED) is 0.748. The first-order chi connectivity index (χ1) is 13.9. The summed E-state index contributed by atoms with van der Waals surface area (Å²) in [6.07, 6.45) is 0.155. The Bertz CT molecular complexity index is 824. The smallest absolute Gasteiger partial charge is 0.223 e. The summed E-state index contributed by atoms with van der Waals surface area (Å²) in [4.78, 5) is 15.0. The summed E-state index contributed by atoms with van der Waals surface area (Å²) >= 11 is 0. The third-order valence-electron chi connectivity index (χ3n) is 6.00. The Labute approximate surface area is 170 Å². The van der Waals surface area contributed by atoms with Crippen LogP contribution in [0.2, 0.25) is 0 Å². The van der Waals surface area contributed by atoms with Gasteiger partial charge in [0.1, 0.15) is 11.6 Å². The highest BCUT2D eigenvalue weighted by atomic mass is 19.1. The Morgan fingerprint density at radius 2 is 1.83 bits per heavy atom. The van der Waals surface area contributed by atoms with Crippen molar-refractivity contribution in [2.24, 2.45) is 0 Å². The summed E-state index contributed by atoms with van der Waals surface area (Å²) in [5, 5.41) is 19.5. The van der Waals surface area contributed by atoms with E-state index in [0.29, 0.717) is 13.0 Å². The van der Waals surface area contributed by atoms with Gasteiger partial charge in [-0.25, -0.2) is 4.39 Å². The van der Waals surface area contributed by atoms with Gasteiger partial charge in [-0.1, -0.05) is 24.3 Å². The van der Waals surface area contributed by atoms with E-state index in [-0.39, 0.29) is 37.2 Å². The second-order valence-electron chi connectivity index (χ2n) is 7.79. The van der Waals surface area contributed by atoms with E-state index >= 15 is 0 Å². The van der Waals surface area contributed by atoms with E-state index in [1.54, 1.807) is 19.2 Å². The minimum Gasteiger partial charge on any atom is -0.497 e. The van der Waals surface area contributed by atoms with Crippen LogP contribution >= 0.6 is 0 Å². The molecule has 5 nitrogen and oxygen atoms in total. The molecule has 2 N–H and O–H groups in total. The number of hydrogen-bond acceptors (Lipinski definition) is 4. The number of rotatable bonds is 7. The molecule has 1 heterocycles. The van der Waals surface area contributed by atoms with Gasteiger partial charge in [-0.2, -0.15) is 0 Å². The second-order valence-corrected chi connectivity index (χ2v) is 7.79. The van der Waals surface area contributed by atoms with Gasteiger partial charge in [-0.15, -0.1) is 0 Å². The molecule has 0 aliphatic carbocycles. The van der Waals surface area contributed by atoms with Gasteiger partial charge in [-0.3, -0.25) is 4.79 Å².